The van der Waals surface area contributed by atoms with Gasteiger partial charge in [0.25, 0.3) is 0 Å². The van der Waals surface area contributed by atoms with Gasteiger partial charge in [0.2, 0.25) is 5.91 Å². The van der Waals surface area contributed by atoms with Crippen molar-refractivity contribution >= 4 is 17.8 Å². The number of nitrogens with one attached hydrogen (secondary N) is 2. The first-order valence-electron chi connectivity index (χ1n) is 13.5. The van der Waals surface area contributed by atoms with E-state index in [0.717, 1.165) is 33.4 Å². The topological polar surface area (TPSA) is 84.5 Å². The Labute approximate surface area is 234 Å². The van der Waals surface area contributed by atoms with Crippen molar-refractivity contribution in [1.29, 1.82) is 0 Å². The first-order chi connectivity index (χ1) is 19.4. The molecule has 6 nitrogen and oxygen atoms in total. The third-order valence-corrected chi connectivity index (χ3v) is 7.32. The van der Waals surface area contributed by atoms with Crippen LogP contribution in [0.3, 0.4) is 0 Å². The van der Waals surface area contributed by atoms with Crippen LogP contribution in [0.4, 0.5) is 4.79 Å². The van der Waals surface area contributed by atoms with Crippen molar-refractivity contribution in [2.45, 2.75) is 38.3 Å². The van der Waals surface area contributed by atoms with E-state index in [-0.39, 0.29) is 24.7 Å². The molecule has 0 saturated heterocycles. The molecule has 0 aliphatic heterocycles. The van der Waals surface area contributed by atoms with Crippen LogP contribution in [0.5, 0.6) is 0 Å². The van der Waals surface area contributed by atoms with E-state index in [1.807, 2.05) is 73.7 Å². The van der Waals surface area contributed by atoms with Crippen molar-refractivity contribution in [3.05, 3.63) is 131 Å². The molecule has 2 amide bonds. The van der Waals surface area contributed by atoms with Crippen LogP contribution in [0.15, 0.2) is 103 Å². The van der Waals surface area contributed by atoms with Gasteiger partial charge < -0.3 is 15.4 Å². The Morgan fingerprint density at radius 3 is 1.95 bits per heavy atom. The molecule has 6 heteroatoms. The lowest BCUT2D eigenvalue weighted by molar-refractivity contribution is -0.123. The summed E-state index contributed by atoms with van der Waals surface area (Å²) in [4.78, 5) is 39.3. The molecule has 0 saturated carbocycles. The number of rotatable bonds is 9. The van der Waals surface area contributed by atoms with Gasteiger partial charge in [-0.25, -0.2) is 4.79 Å². The van der Waals surface area contributed by atoms with E-state index in [1.165, 1.54) is 0 Å². The molecule has 5 rings (SSSR count). The zero-order valence-electron chi connectivity index (χ0n) is 22.6. The number of Topliss-reactive ketones (excluding diaryl/α,β-unsaturated/α-hetero) is 1. The van der Waals surface area contributed by atoms with Gasteiger partial charge in [-0.05, 0) is 41.7 Å². The highest BCUT2D eigenvalue weighted by Crippen LogP contribution is 2.44. The number of ether oxygens (including phenoxy) is 1. The molecule has 0 aromatic heterocycles. The maximum Gasteiger partial charge on any atom is 0.407 e. The fourth-order valence-corrected chi connectivity index (χ4v) is 5.19. The minimum Gasteiger partial charge on any atom is -0.449 e. The Morgan fingerprint density at radius 2 is 1.32 bits per heavy atom. The largest absolute Gasteiger partial charge is 0.449 e. The number of aryl methyl sites for hydroxylation is 1. The smallest absolute Gasteiger partial charge is 0.407 e. The van der Waals surface area contributed by atoms with Crippen molar-refractivity contribution in [1.82, 2.24) is 10.6 Å². The summed E-state index contributed by atoms with van der Waals surface area (Å²) in [7, 11) is 0. The molecule has 0 spiro atoms. The first kappa shape index (κ1) is 26.9. The minimum absolute atomic E-state index is 0.0910. The molecule has 4 aromatic rings. The third-order valence-electron chi connectivity index (χ3n) is 7.32. The summed E-state index contributed by atoms with van der Waals surface area (Å²) in [5, 5.41) is 5.53. The number of hydrogen-bond donors (Lipinski definition) is 2. The van der Waals surface area contributed by atoms with E-state index in [2.05, 4.69) is 34.9 Å². The van der Waals surface area contributed by atoms with Crippen LogP contribution >= 0.6 is 0 Å². The molecule has 2 atom stereocenters. The Kier molecular flexibility index (Phi) is 8.06. The molecule has 40 heavy (non-hydrogen) atoms. The van der Waals surface area contributed by atoms with E-state index in [0.29, 0.717) is 5.56 Å². The molecule has 1 aliphatic carbocycles. The van der Waals surface area contributed by atoms with Crippen LogP contribution < -0.4 is 10.6 Å². The lowest BCUT2D eigenvalue weighted by atomic mass is 9.98. The van der Waals surface area contributed by atoms with Crippen molar-refractivity contribution in [3.63, 3.8) is 0 Å². The van der Waals surface area contributed by atoms with Crippen molar-refractivity contribution in [2.75, 3.05) is 6.61 Å². The SMILES string of the molecule is Cc1ccc(C(=O)[C@H](C)NC(=O)[C@H](Cc2ccccc2)NC(=O)OCC2c3ccccc3-c3ccccc32)cc1. The van der Waals surface area contributed by atoms with Gasteiger partial charge in [-0.15, -0.1) is 0 Å². The van der Waals surface area contributed by atoms with E-state index >= 15 is 0 Å². The number of ketones is 1. The summed E-state index contributed by atoms with van der Waals surface area (Å²) in [5.41, 5.74) is 6.93. The number of amides is 2. The van der Waals surface area contributed by atoms with E-state index in [9.17, 15) is 14.4 Å². The molecular weight excluding hydrogens is 500 g/mol. The average Bonchev–Trinajstić information content (AvgIpc) is 3.30. The minimum atomic E-state index is -0.925. The van der Waals surface area contributed by atoms with Gasteiger partial charge in [-0.1, -0.05) is 109 Å². The standard InChI is InChI=1S/C34H32N2O4/c1-22-16-18-25(19-17-22)32(37)23(2)35-33(38)31(20-24-10-4-3-5-11-24)36-34(39)40-21-30-28-14-8-6-12-26(28)27-13-7-9-15-29(27)30/h3-19,23,30-31H,20-21H2,1-2H3,(H,35,38)(H,36,39)/t23-,31-/m0/s1. The van der Waals surface area contributed by atoms with Crippen LogP contribution in [-0.2, 0) is 16.0 Å². The van der Waals surface area contributed by atoms with Crippen LogP contribution in [0.25, 0.3) is 11.1 Å². The molecule has 0 radical (unpaired) electrons. The van der Waals surface area contributed by atoms with E-state index in [1.54, 1.807) is 19.1 Å². The van der Waals surface area contributed by atoms with Gasteiger partial charge in [-0.3, -0.25) is 9.59 Å². The molecule has 0 unspecified atom stereocenters. The second-order valence-electron chi connectivity index (χ2n) is 10.2. The summed E-state index contributed by atoms with van der Waals surface area (Å²) < 4.78 is 5.69. The second kappa shape index (κ2) is 12.0. The molecule has 1 aliphatic rings. The van der Waals surface area contributed by atoms with Gasteiger partial charge in [-0.2, -0.15) is 0 Å². The molecule has 2 N–H and O–H groups in total. The lowest BCUT2D eigenvalue weighted by Gasteiger charge is -2.22. The Hall–Kier alpha value is -4.71. The number of carbonyl (C=O) groups excluding carboxylic acids is 3. The van der Waals surface area contributed by atoms with Gasteiger partial charge in [0.05, 0.1) is 6.04 Å². The van der Waals surface area contributed by atoms with E-state index in [4.69, 9.17) is 4.74 Å². The number of fused-ring (bicyclic) bond motifs is 3. The molecule has 0 bridgehead atoms. The number of hydrogen-bond acceptors (Lipinski definition) is 4. The molecule has 0 heterocycles. The monoisotopic (exact) mass is 532 g/mol. The molecular formula is C34H32N2O4. The normalized spacial score (nSPS) is 13.4. The van der Waals surface area contributed by atoms with Gasteiger partial charge in [0, 0.05) is 17.9 Å². The number of benzene rings is 4. The van der Waals surface area contributed by atoms with Crippen LogP contribution in [0, 0.1) is 6.92 Å². The summed E-state index contributed by atoms with van der Waals surface area (Å²) >= 11 is 0. The average molecular weight is 533 g/mol. The highest BCUT2D eigenvalue weighted by molar-refractivity contribution is 6.02. The van der Waals surface area contributed by atoms with Gasteiger partial charge in [0.1, 0.15) is 12.6 Å². The van der Waals surface area contributed by atoms with E-state index < -0.39 is 24.1 Å². The van der Waals surface area contributed by atoms with Crippen LogP contribution in [-0.4, -0.2) is 36.5 Å². The molecule has 4 aromatic carbocycles. The fourth-order valence-electron chi connectivity index (χ4n) is 5.19. The van der Waals surface area contributed by atoms with Crippen molar-refractivity contribution < 1.29 is 19.1 Å². The number of alkyl carbamates (subject to hydrolysis) is 1. The highest BCUT2D eigenvalue weighted by Gasteiger charge is 2.30. The summed E-state index contributed by atoms with van der Waals surface area (Å²) in [6, 6.07) is 31.2. The predicted octanol–water partition coefficient (Wildman–Crippen LogP) is 5.83. The van der Waals surface area contributed by atoms with Crippen molar-refractivity contribution in [3.8, 4) is 11.1 Å². The van der Waals surface area contributed by atoms with Crippen molar-refractivity contribution in [2.24, 2.45) is 0 Å². The molecule has 0 fully saturated rings. The second-order valence-corrected chi connectivity index (χ2v) is 10.2. The summed E-state index contributed by atoms with van der Waals surface area (Å²) in [5.74, 6) is -0.745. The predicted molar refractivity (Wildman–Crippen MR) is 155 cm³/mol. The summed E-state index contributed by atoms with van der Waals surface area (Å²) in [6.07, 6.45) is -0.432. The Morgan fingerprint density at radius 1 is 0.750 bits per heavy atom. The summed E-state index contributed by atoms with van der Waals surface area (Å²) in [6.45, 7) is 3.73. The van der Waals surface area contributed by atoms with Crippen LogP contribution in [0.2, 0.25) is 0 Å². The first-order valence-corrected chi connectivity index (χ1v) is 13.5. The maximum atomic E-state index is 13.3. The van der Waals surface area contributed by atoms with Gasteiger partial charge >= 0.3 is 6.09 Å². The highest BCUT2D eigenvalue weighted by atomic mass is 16.5. The fraction of sp³-hybridized carbons (Fsp3) is 0.206. The molecule has 202 valence electrons. The van der Waals surface area contributed by atoms with Crippen LogP contribution in [0.1, 0.15) is 45.5 Å². The number of carbonyl (C=O) groups is 3. The van der Waals surface area contributed by atoms with Gasteiger partial charge in [0.15, 0.2) is 5.78 Å². The lowest BCUT2D eigenvalue weighted by Crippen LogP contribution is -2.52. The third kappa shape index (κ3) is 5.96. The quantitative estimate of drug-likeness (QED) is 0.266. The Balaban J connectivity index is 1.27. The zero-order chi connectivity index (χ0) is 28.1. The maximum absolute atomic E-state index is 13.3. The zero-order valence-corrected chi connectivity index (χ0v) is 22.6. The Bertz CT molecular complexity index is 1470.